The number of rotatable bonds is 0. The molecule has 2 heteroatoms. The van der Waals surface area contributed by atoms with Gasteiger partial charge in [0.2, 0.25) is 0 Å². The predicted octanol–water partition coefficient (Wildman–Crippen LogP) is 7.73. The lowest BCUT2D eigenvalue weighted by atomic mass is 9.59. The number of allylic oxidation sites excluding steroid dienone is 1. The fourth-order valence-corrected chi connectivity index (χ4v) is 6.71. The molecule has 0 saturated carbocycles. The number of aryl methyl sites for hydroxylation is 1. The fourth-order valence-electron chi connectivity index (χ4n) is 6.71. The summed E-state index contributed by atoms with van der Waals surface area (Å²) >= 11 is 0. The number of aromatic nitrogens is 2. The molecule has 0 atom stereocenters. The first kappa shape index (κ1) is 18.3. The van der Waals surface area contributed by atoms with Crippen LogP contribution in [0.2, 0.25) is 0 Å². The normalized spacial score (nSPS) is 18.1. The number of hydrogen-bond acceptors (Lipinski definition) is 0. The number of H-pyrrole nitrogens is 2. The van der Waals surface area contributed by atoms with E-state index in [-0.39, 0.29) is 10.8 Å². The van der Waals surface area contributed by atoms with E-state index in [1.807, 2.05) is 0 Å². The van der Waals surface area contributed by atoms with Gasteiger partial charge in [-0.25, -0.2) is 0 Å². The van der Waals surface area contributed by atoms with Crippen molar-refractivity contribution in [2.24, 2.45) is 0 Å². The van der Waals surface area contributed by atoms with E-state index in [0.29, 0.717) is 0 Å². The van der Waals surface area contributed by atoms with Gasteiger partial charge in [0.05, 0.1) is 11.0 Å². The Morgan fingerprint density at radius 1 is 0.688 bits per heavy atom. The van der Waals surface area contributed by atoms with Crippen LogP contribution in [0.5, 0.6) is 0 Å². The Morgan fingerprint density at radius 2 is 1.34 bits per heavy atom. The highest BCUT2D eigenvalue weighted by molar-refractivity contribution is 6.09. The molecule has 2 heterocycles. The summed E-state index contributed by atoms with van der Waals surface area (Å²) in [6.07, 6.45) is 6.82. The minimum Gasteiger partial charge on any atom is -0.355 e. The van der Waals surface area contributed by atoms with Crippen molar-refractivity contribution in [3.8, 4) is 0 Å². The van der Waals surface area contributed by atoms with Gasteiger partial charge in [0.1, 0.15) is 0 Å². The molecule has 0 radical (unpaired) electrons. The molecule has 0 saturated heterocycles. The molecule has 158 valence electrons. The zero-order chi connectivity index (χ0) is 21.8. The Labute approximate surface area is 188 Å². The molecule has 0 amide bonds. The SMILES string of the molecule is CC1(C)c2ccc3c([nH]c4ccccc43)c2C(C)(C)c2ccc3c4c([nH]c3c21)C=CCC4. The van der Waals surface area contributed by atoms with Crippen molar-refractivity contribution in [1.82, 2.24) is 9.97 Å². The van der Waals surface area contributed by atoms with E-state index >= 15 is 0 Å². The first-order chi connectivity index (χ1) is 15.4. The second-order valence-corrected chi connectivity index (χ2v) is 10.7. The number of para-hydroxylation sites is 1. The van der Waals surface area contributed by atoms with E-state index < -0.39 is 0 Å². The third kappa shape index (κ3) is 2.06. The summed E-state index contributed by atoms with van der Waals surface area (Å²) in [5.74, 6) is 0. The summed E-state index contributed by atoms with van der Waals surface area (Å²) in [7, 11) is 0. The van der Waals surface area contributed by atoms with E-state index in [1.165, 1.54) is 66.2 Å². The topological polar surface area (TPSA) is 31.6 Å². The van der Waals surface area contributed by atoms with Crippen LogP contribution in [-0.4, -0.2) is 9.97 Å². The monoisotopic (exact) mass is 416 g/mol. The molecule has 2 aromatic heterocycles. The molecule has 5 aromatic rings. The second-order valence-electron chi connectivity index (χ2n) is 10.7. The molecule has 2 aliphatic rings. The highest BCUT2D eigenvalue weighted by Gasteiger charge is 2.44. The number of benzene rings is 3. The quantitative estimate of drug-likeness (QED) is 0.259. The molecule has 2 aliphatic carbocycles. The lowest BCUT2D eigenvalue weighted by Crippen LogP contribution is -2.37. The third-order valence-electron chi connectivity index (χ3n) is 8.24. The Kier molecular flexibility index (Phi) is 3.29. The minimum absolute atomic E-state index is 0.0949. The number of fused-ring (bicyclic) bond motifs is 10. The van der Waals surface area contributed by atoms with Crippen molar-refractivity contribution in [3.05, 3.63) is 88.1 Å². The summed E-state index contributed by atoms with van der Waals surface area (Å²) in [6.45, 7) is 9.62. The molecule has 0 fully saturated rings. The summed E-state index contributed by atoms with van der Waals surface area (Å²) in [5.41, 5.74) is 12.2. The summed E-state index contributed by atoms with van der Waals surface area (Å²) in [4.78, 5) is 7.62. The van der Waals surface area contributed by atoms with Crippen LogP contribution in [0, 0.1) is 0 Å². The Hall–Kier alpha value is -3.26. The zero-order valence-corrected chi connectivity index (χ0v) is 19.2. The summed E-state index contributed by atoms with van der Waals surface area (Å²) in [6, 6.07) is 18.2. The van der Waals surface area contributed by atoms with E-state index in [1.54, 1.807) is 0 Å². The van der Waals surface area contributed by atoms with E-state index in [4.69, 9.17) is 0 Å². The molecule has 0 unspecified atom stereocenters. The molecular weight excluding hydrogens is 388 g/mol. The van der Waals surface area contributed by atoms with Crippen molar-refractivity contribution in [2.75, 3.05) is 0 Å². The van der Waals surface area contributed by atoms with Crippen LogP contribution in [0.4, 0.5) is 0 Å². The second kappa shape index (κ2) is 5.75. The Bertz CT molecular complexity index is 1620. The van der Waals surface area contributed by atoms with Crippen LogP contribution < -0.4 is 0 Å². The molecule has 2 N–H and O–H groups in total. The summed E-state index contributed by atoms with van der Waals surface area (Å²) in [5, 5.41) is 4.04. The lowest BCUT2D eigenvalue weighted by Gasteiger charge is -2.44. The van der Waals surface area contributed by atoms with E-state index in [9.17, 15) is 0 Å². The number of aromatic amines is 2. The van der Waals surface area contributed by atoms with Crippen LogP contribution in [0.1, 0.15) is 67.6 Å². The molecule has 3 aromatic carbocycles. The van der Waals surface area contributed by atoms with Gasteiger partial charge < -0.3 is 9.97 Å². The van der Waals surface area contributed by atoms with E-state index in [0.717, 1.165) is 12.8 Å². The van der Waals surface area contributed by atoms with Gasteiger partial charge in [-0.05, 0) is 52.8 Å². The first-order valence-electron chi connectivity index (χ1n) is 11.8. The standard InChI is InChI=1S/C30H28N2/c1-29(2)21-15-13-20-18-10-6-8-12-24(18)32-28(20)26(21)30(3,4)22-16-14-19-17-9-5-7-11-23(17)31-27(19)25(22)29/h5,7-9,11-16,31-32H,6,10H2,1-4H3. The van der Waals surface area contributed by atoms with Crippen LogP contribution in [0.15, 0.2) is 54.6 Å². The first-order valence-corrected chi connectivity index (χ1v) is 11.8. The van der Waals surface area contributed by atoms with Gasteiger partial charge in [-0.15, -0.1) is 0 Å². The maximum Gasteiger partial charge on any atom is 0.0509 e. The van der Waals surface area contributed by atoms with Crippen molar-refractivity contribution < 1.29 is 0 Å². The highest BCUT2D eigenvalue weighted by atomic mass is 14.7. The van der Waals surface area contributed by atoms with Crippen LogP contribution in [0.25, 0.3) is 38.8 Å². The van der Waals surface area contributed by atoms with Crippen LogP contribution >= 0.6 is 0 Å². The maximum absolute atomic E-state index is 3.83. The van der Waals surface area contributed by atoms with Gasteiger partial charge in [-0.3, -0.25) is 0 Å². The van der Waals surface area contributed by atoms with Crippen LogP contribution in [0.3, 0.4) is 0 Å². The third-order valence-corrected chi connectivity index (χ3v) is 8.24. The van der Waals surface area contributed by atoms with Crippen molar-refractivity contribution in [2.45, 2.75) is 51.4 Å². The van der Waals surface area contributed by atoms with Gasteiger partial charge >= 0.3 is 0 Å². The molecule has 0 aliphatic heterocycles. The van der Waals surface area contributed by atoms with Crippen molar-refractivity contribution >= 4 is 38.8 Å². The van der Waals surface area contributed by atoms with Gasteiger partial charge in [0, 0.05) is 38.2 Å². The lowest BCUT2D eigenvalue weighted by molar-refractivity contribution is 0.528. The fraction of sp³-hybridized carbons (Fsp3) is 0.267. The van der Waals surface area contributed by atoms with Gasteiger partial charge in [-0.2, -0.15) is 0 Å². The smallest absolute Gasteiger partial charge is 0.0509 e. The van der Waals surface area contributed by atoms with Gasteiger partial charge in [0.15, 0.2) is 0 Å². The number of nitrogens with one attached hydrogen (secondary N) is 2. The highest BCUT2D eigenvalue weighted by Crippen LogP contribution is 2.54. The van der Waals surface area contributed by atoms with Crippen molar-refractivity contribution in [1.29, 1.82) is 0 Å². The van der Waals surface area contributed by atoms with Gasteiger partial charge in [0.25, 0.3) is 0 Å². The largest absolute Gasteiger partial charge is 0.355 e. The molecule has 2 nitrogen and oxygen atoms in total. The van der Waals surface area contributed by atoms with Gasteiger partial charge in [-0.1, -0.05) is 76.2 Å². The van der Waals surface area contributed by atoms with Crippen LogP contribution in [-0.2, 0) is 17.3 Å². The molecule has 32 heavy (non-hydrogen) atoms. The summed E-state index contributed by atoms with van der Waals surface area (Å²) < 4.78 is 0. The predicted molar refractivity (Wildman–Crippen MR) is 136 cm³/mol. The average molecular weight is 417 g/mol. The Morgan fingerprint density at radius 3 is 2.09 bits per heavy atom. The molecular formula is C30H28N2. The Balaban J connectivity index is 1.61. The zero-order valence-electron chi connectivity index (χ0n) is 19.2. The maximum atomic E-state index is 3.83. The van der Waals surface area contributed by atoms with Crippen molar-refractivity contribution in [3.63, 3.8) is 0 Å². The minimum atomic E-state index is -0.101. The molecule has 7 rings (SSSR count). The number of hydrogen-bond donors (Lipinski definition) is 2. The molecule has 0 spiro atoms. The average Bonchev–Trinajstić information content (AvgIpc) is 3.35. The van der Waals surface area contributed by atoms with E-state index in [2.05, 4.69) is 98.3 Å². The molecule has 0 bridgehead atoms.